The molecule has 2 rings (SSSR count). The molecule has 2 unspecified atom stereocenters. The Morgan fingerprint density at radius 2 is 2.12 bits per heavy atom. The second-order valence-electron chi connectivity index (χ2n) is 7.07. The molecule has 1 aromatic rings. The van der Waals surface area contributed by atoms with Gasteiger partial charge in [-0.05, 0) is 49.8 Å². The second-order valence-corrected chi connectivity index (χ2v) is 10.2. The Balaban J connectivity index is 1.88. The molecule has 1 saturated carbocycles. The minimum Gasteiger partial charge on any atom is -0.356 e. The minimum absolute atomic E-state index is 0.0372. The fourth-order valence-corrected chi connectivity index (χ4v) is 5.85. The van der Waals surface area contributed by atoms with E-state index in [9.17, 15) is 13.2 Å². The number of carbonyl (C=O) groups excluding carboxylic acids is 1. The highest BCUT2D eigenvalue weighted by Gasteiger charge is 2.30. The largest absolute Gasteiger partial charge is 0.356 e. The first-order valence-electron chi connectivity index (χ1n) is 8.89. The monoisotopic (exact) mass is 387 g/mol. The third-order valence-corrected chi connectivity index (χ3v) is 7.58. The van der Waals surface area contributed by atoms with Crippen molar-refractivity contribution in [3.63, 3.8) is 0 Å². The summed E-state index contributed by atoms with van der Waals surface area (Å²) >= 11 is 1.26. The van der Waals surface area contributed by atoms with Crippen LogP contribution in [0.1, 0.15) is 44.4 Å². The Morgan fingerprint density at radius 3 is 2.80 bits per heavy atom. The van der Waals surface area contributed by atoms with Crippen molar-refractivity contribution in [3.8, 4) is 0 Å². The average molecular weight is 388 g/mol. The number of nitrogens with two attached hydrogens (primary N) is 1. The number of sulfonamides is 1. The van der Waals surface area contributed by atoms with Crippen LogP contribution in [0, 0.1) is 11.8 Å². The summed E-state index contributed by atoms with van der Waals surface area (Å²) in [6, 6.07) is 3.41. The van der Waals surface area contributed by atoms with Crippen molar-refractivity contribution >= 4 is 27.3 Å². The molecular weight excluding hydrogens is 358 g/mol. The highest BCUT2D eigenvalue weighted by atomic mass is 32.2. The van der Waals surface area contributed by atoms with Gasteiger partial charge in [0.15, 0.2) is 0 Å². The summed E-state index contributed by atoms with van der Waals surface area (Å²) in [6.07, 6.45) is 3.99. The molecule has 6 nitrogen and oxygen atoms in total. The van der Waals surface area contributed by atoms with Crippen LogP contribution < -0.4 is 15.8 Å². The minimum atomic E-state index is -3.50. The molecule has 0 spiro atoms. The zero-order valence-electron chi connectivity index (χ0n) is 15.0. The summed E-state index contributed by atoms with van der Waals surface area (Å²) < 4.78 is 28.3. The summed E-state index contributed by atoms with van der Waals surface area (Å²) in [5.41, 5.74) is 5.73. The summed E-state index contributed by atoms with van der Waals surface area (Å²) in [6.45, 7) is 5.04. The van der Waals surface area contributed by atoms with Gasteiger partial charge in [-0.3, -0.25) is 4.79 Å². The molecule has 2 atom stereocenters. The van der Waals surface area contributed by atoms with Gasteiger partial charge in [0.2, 0.25) is 15.9 Å². The molecule has 0 saturated heterocycles. The van der Waals surface area contributed by atoms with E-state index in [-0.39, 0.29) is 17.9 Å². The maximum absolute atomic E-state index is 12.6. The third-order valence-electron chi connectivity index (χ3n) is 4.46. The Labute approximate surface area is 154 Å². The summed E-state index contributed by atoms with van der Waals surface area (Å²) in [5, 5.41) is 2.87. The van der Waals surface area contributed by atoms with Gasteiger partial charge in [0.05, 0.1) is 0 Å². The van der Waals surface area contributed by atoms with E-state index in [1.54, 1.807) is 6.07 Å². The molecule has 0 aliphatic heterocycles. The van der Waals surface area contributed by atoms with E-state index in [0.29, 0.717) is 36.1 Å². The first kappa shape index (κ1) is 20.4. The van der Waals surface area contributed by atoms with Crippen molar-refractivity contribution in [1.82, 2.24) is 10.0 Å². The van der Waals surface area contributed by atoms with Gasteiger partial charge in [0.25, 0.3) is 0 Å². The lowest BCUT2D eigenvalue weighted by Gasteiger charge is -2.18. The van der Waals surface area contributed by atoms with Crippen LogP contribution >= 0.6 is 11.3 Å². The van der Waals surface area contributed by atoms with Gasteiger partial charge in [-0.1, -0.05) is 20.3 Å². The second kappa shape index (κ2) is 9.12. The molecule has 1 amide bonds. The molecule has 142 valence electrons. The SMILES string of the molecule is CC(C)CC(=O)NCCc1ccc(S(=O)(=O)NC2CCCC2CN)s1. The van der Waals surface area contributed by atoms with Crippen LogP contribution in [0.25, 0.3) is 0 Å². The van der Waals surface area contributed by atoms with E-state index < -0.39 is 10.0 Å². The smallest absolute Gasteiger partial charge is 0.250 e. The number of hydrogen-bond donors (Lipinski definition) is 3. The van der Waals surface area contributed by atoms with E-state index in [1.807, 2.05) is 19.9 Å². The maximum atomic E-state index is 12.6. The van der Waals surface area contributed by atoms with Gasteiger partial charge in [-0.25, -0.2) is 13.1 Å². The van der Waals surface area contributed by atoms with Gasteiger partial charge >= 0.3 is 0 Å². The summed E-state index contributed by atoms with van der Waals surface area (Å²) in [4.78, 5) is 12.6. The molecule has 0 aromatic carbocycles. The van der Waals surface area contributed by atoms with E-state index in [4.69, 9.17) is 5.73 Å². The lowest BCUT2D eigenvalue weighted by atomic mass is 10.1. The number of hydrogen-bond acceptors (Lipinski definition) is 5. The predicted octanol–water partition coefficient (Wildman–Crippen LogP) is 1.86. The molecule has 25 heavy (non-hydrogen) atoms. The van der Waals surface area contributed by atoms with Crippen LogP contribution in [0.4, 0.5) is 0 Å². The standard InChI is InChI=1S/C17H29N3O3S2/c1-12(2)10-16(21)19-9-8-14-6-7-17(24-14)25(22,23)20-15-5-3-4-13(15)11-18/h6-7,12-13,15,20H,3-5,8-11,18H2,1-2H3,(H,19,21). The van der Waals surface area contributed by atoms with Crippen LogP contribution in [0.15, 0.2) is 16.3 Å². The van der Waals surface area contributed by atoms with Gasteiger partial charge in [-0.15, -0.1) is 11.3 Å². The Hall–Kier alpha value is -0.960. The Kier molecular flexibility index (Phi) is 7.42. The van der Waals surface area contributed by atoms with E-state index in [2.05, 4.69) is 10.0 Å². The first-order chi connectivity index (χ1) is 11.8. The zero-order valence-corrected chi connectivity index (χ0v) is 16.6. The number of nitrogens with one attached hydrogen (secondary N) is 2. The Morgan fingerprint density at radius 1 is 1.36 bits per heavy atom. The topological polar surface area (TPSA) is 101 Å². The molecule has 1 aliphatic carbocycles. The number of rotatable bonds is 9. The average Bonchev–Trinajstić information content (AvgIpc) is 3.15. The van der Waals surface area contributed by atoms with Gasteiger partial charge in [-0.2, -0.15) is 0 Å². The highest BCUT2D eigenvalue weighted by molar-refractivity contribution is 7.91. The Bertz CT molecular complexity index is 670. The van der Waals surface area contributed by atoms with Crippen molar-refractivity contribution in [2.24, 2.45) is 17.6 Å². The third kappa shape index (κ3) is 6.06. The molecule has 0 bridgehead atoms. The zero-order chi connectivity index (χ0) is 18.4. The summed E-state index contributed by atoms with van der Waals surface area (Å²) in [7, 11) is -3.50. The first-order valence-corrected chi connectivity index (χ1v) is 11.2. The van der Waals surface area contributed by atoms with Gasteiger partial charge in [0, 0.05) is 23.9 Å². The quantitative estimate of drug-likeness (QED) is 0.602. The van der Waals surface area contributed by atoms with Gasteiger partial charge < -0.3 is 11.1 Å². The van der Waals surface area contributed by atoms with Crippen LogP contribution in [-0.2, 0) is 21.2 Å². The van der Waals surface area contributed by atoms with Gasteiger partial charge in [0.1, 0.15) is 4.21 Å². The van der Waals surface area contributed by atoms with Crippen LogP contribution in [0.2, 0.25) is 0 Å². The van der Waals surface area contributed by atoms with Crippen molar-refractivity contribution in [2.45, 2.75) is 56.2 Å². The predicted molar refractivity (Wildman–Crippen MR) is 101 cm³/mol. The molecule has 4 N–H and O–H groups in total. The van der Waals surface area contributed by atoms with Crippen LogP contribution in [0.3, 0.4) is 0 Å². The molecule has 1 aromatic heterocycles. The van der Waals surface area contributed by atoms with Crippen molar-refractivity contribution < 1.29 is 13.2 Å². The van der Waals surface area contributed by atoms with Crippen molar-refractivity contribution in [2.75, 3.05) is 13.1 Å². The normalized spacial score (nSPS) is 21.0. The van der Waals surface area contributed by atoms with Crippen LogP contribution in [-0.4, -0.2) is 33.5 Å². The van der Waals surface area contributed by atoms with E-state index in [1.165, 1.54) is 11.3 Å². The number of amides is 1. The molecule has 1 heterocycles. The van der Waals surface area contributed by atoms with E-state index >= 15 is 0 Å². The van der Waals surface area contributed by atoms with Crippen molar-refractivity contribution in [3.05, 3.63) is 17.0 Å². The molecule has 0 radical (unpaired) electrons. The highest BCUT2D eigenvalue weighted by Crippen LogP contribution is 2.28. The van der Waals surface area contributed by atoms with Crippen LogP contribution in [0.5, 0.6) is 0 Å². The molecule has 1 aliphatic rings. The summed E-state index contributed by atoms with van der Waals surface area (Å²) in [5.74, 6) is 0.595. The maximum Gasteiger partial charge on any atom is 0.250 e. The molecular formula is C17H29N3O3S2. The lowest BCUT2D eigenvalue weighted by molar-refractivity contribution is -0.121. The fraction of sp³-hybridized carbons (Fsp3) is 0.706. The fourth-order valence-electron chi connectivity index (χ4n) is 3.14. The lowest BCUT2D eigenvalue weighted by Crippen LogP contribution is -2.39. The molecule has 1 fully saturated rings. The number of carbonyl (C=O) groups is 1. The molecule has 8 heteroatoms. The van der Waals surface area contributed by atoms with Crippen molar-refractivity contribution in [1.29, 1.82) is 0 Å². The number of thiophene rings is 1. The van der Waals surface area contributed by atoms with E-state index in [0.717, 1.165) is 24.1 Å².